The van der Waals surface area contributed by atoms with Crippen LogP contribution in [0, 0.1) is 0 Å². The Morgan fingerprint density at radius 3 is 2.48 bits per heavy atom. The summed E-state index contributed by atoms with van der Waals surface area (Å²) in [6.07, 6.45) is -0.00809. The second kappa shape index (κ2) is 7.51. The maximum Gasteiger partial charge on any atom is 0.263 e. The average molecular weight is 314 g/mol. The van der Waals surface area contributed by atoms with Gasteiger partial charge in [-0.25, -0.2) is 0 Å². The molecule has 1 atom stereocenters. The van der Waals surface area contributed by atoms with Crippen LogP contribution in [0.1, 0.15) is 30.4 Å². The highest BCUT2D eigenvalue weighted by Crippen LogP contribution is 2.43. The standard InChI is InChI=1S/C14H26N4O2S/c1-8(2)20-11-10(15)12(13(19)16-4)21-14(11)17-7-9(3)18(5)6/h8-9,17H,7,15H2,1-6H3,(H,16,19). The molecule has 1 heterocycles. The van der Waals surface area contributed by atoms with Gasteiger partial charge in [-0.05, 0) is 34.9 Å². The number of likely N-dealkylation sites (N-methyl/N-ethyl adjacent to an activating group) is 1. The van der Waals surface area contributed by atoms with Crippen LogP contribution in [0.5, 0.6) is 5.75 Å². The van der Waals surface area contributed by atoms with Gasteiger partial charge in [0.2, 0.25) is 0 Å². The topological polar surface area (TPSA) is 79.6 Å². The molecule has 1 rings (SSSR count). The molecule has 0 fully saturated rings. The molecule has 6 nitrogen and oxygen atoms in total. The zero-order valence-corrected chi connectivity index (χ0v) is 14.4. The van der Waals surface area contributed by atoms with Crippen LogP contribution in [0.25, 0.3) is 0 Å². The molecular weight excluding hydrogens is 288 g/mol. The first-order valence-corrected chi connectivity index (χ1v) is 7.80. The summed E-state index contributed by atoms with van der Waals surface area (Å²) in [5.74, 6) is 0.374. The minimum Gasteiger partial charge on any atom is -0.486 e. The van der Waals surface area contributed by atoms with E-state index < -0.39 is 0 Å². The Morgan fingerprint density at radius 2 is 2.00 bits per heavy atom. The summed E-state index contributed by atoms with van der Waals surface area (Å²) in [6, 6.07) is 0.351. The van der Waals surface area contributed by atoms with Crippen LogP contribution in [0.2, 0.25) is 0 Å². The highest BCUT2D eigenvalue weighted by atomic mass is 32.1. The zero-order valence-electron chi connectivity index (χ0n) is 13.6. The molecule has 0 aliphatic carbocycles. The van der Waals surface area contributed by atoms with E-state index in [1.165, 1.54) is 11.3 Å². The summed E-state index contributed by atoms with van der Waals surface area (Å²) in [4.78, 5) is 14.5. The van der Waals surface area contributed by atoms with E-state index in [1.54, 1.807) is 7.05 Å². The van der Waals surface area contributed by atoms with Gasteiger partial charge >= 0.3 is 0 Å². The molecule has 1 amide bonds. The quantitative estimate of drug-likeness (QED) is 0.715. The van der Waals surface area contributed by atoms with Crippen molar-refractivity contribution in [3.63, 3.8) is 0 Å². The second-order valence-electron chi connectivity index (χ2n) is 5.44. The van der Waals surface area contributed by atoms with Gasteiger partial charge in [0.1, 0.15) is 15.6 Å². The van der Waals surface area contributed by atoms with Gasteiger partial charge in [0.15, 0.2) is 5.75 Å². The lowest BCUT2D eigenvalue weighted by molar-refractivity contribution is 0.0967. The van der Waals surface area contributed by atoms with Gasteiger partial charge in [-0.1, -0.05) is 0 Å². The number of carbonyl (C=O) groups is 1. The van der Waals surface area contributed by atoms with Gasteiger partial charge in [0, 0.05) is 19.6 Å². The number of hydrogen-bond acceptors (Lipinski definition) is 6. The van der Waals surface area contributed by atoms with Gasteiger partial charge in [0.05, 0.1) is 6.10 Å². The molecule has 0 saturated carbocycles. The van der Waals surface area contributed by atoms with E-state index in [-0.39, 0.29) is 12.0 Å². The van der Waals surface area contributed by atoms with Crippen molar-refractivity contribution in [3.05, 3.63) is 4.88 Å². The number of nitrogen functional groups attached to an aromatic ring is 1. The maximum atomic E-state index is 11.9. The second-order valence-corrected chi connectivity index (χ2v) is 6.46. The molecule has 0 spiro atoms. The SMILES string of the molecule is CNC(=O)c1sc(NCC(C)N(C)C)c(OC(C)C)c1N. The van der Waals surface area contributed by atoms with Crippen LogP contribution in [0.3, 0.4) is 0 Å². The lowest BCUT2D eigenvalue weighted by atomic mass is 10.3. The number of nitrogens with zero attached hydrogens (tertiary/aromatic N) is 1. The molecule has 1 aromatic heterocycles. The number of nitrogens with one attached hydrogen (secondary N) is 2. The normalized spacial score (nSPS) is 12.6. The van der Waals surface area contributed by atoms with Crippen molar-refractivity contribution in [1.82, 2.24) is 10.2 Å². The Morgan fingerprint density at radius 1 is 1.38 bits per heavy atom. The summed E-state index contributed by atoms with van der Waals surface area (Å²) < 4.78 is 5.77. The largest absolute Gasteiger partial charge is 0.486 e. The van der Waals surface area contributed by atoms with Crippen LogP contribution in [-0.4, -0.2) is 50.6 Å². The third-order valence-corrected chi connectivity index (χ3v) is 4.27. The number of carbonyl (C=O) groups excluding carboxylic acids is 1. The molecule has 0 aliphatic heterocycles. The van der Waals surface area contributed by atoms with E-state index in [0.29, 0.717) is 22.4 Å². The van der Waals surface area contributed by atoms with Crippen LogP contribution in [-0.2, 0) is 0 Å². The predicted octanol–water partition coefficient (Wildman–Crippen LogP) is 1.84. The van der Waals surface area contributed by atoms with Gasteiger partial charge in [-0.15, -0.1) is 11.3 Å². The number of thiophene rings is 1. The van der Waals surface area contributed by atoms with Crippen molar-refractivity contribution in [2.75, 3.05) is 38.7 Å². The number of ether oxygens (including phenoxy) is 1. The number of anilines is 2. The van der Waals surface area contributed by atoms with Crippen LogP contribution in [0.15, 0.2) is 0 Å². The van der Waals surface area contributed by atoms with Gasteiger partial charge in [-0.2, -0.15) is 0 Å². The highest BCUT2D eigenvalue weighted by Gasteiger charge is 2.22. The van der Waals surface area contributed by atoms with Crippen molar-refractivity contribution in [2.24, 2.45) is 0 Å². The van der Waals surface area contributed by atoms with Crippen LogP contribution < -0.4 is 21.1 Å². The van der Waals surface area contributed by atoms with Gasteiger partial charge in [-0.3, -0.25) is 4.79 Å². The number of amides is 1. The van der Waals surface area contributed by atoms with E-state index in [0.717, 1.165) is 11.5 Å². The van der Waals surface area contributed by atoms with Crippen molar-refractivity contribution >= 4 is 27.9 Å². The monoisotopic (exact) mass is 314 g/mol. The third kappa shape index (κ3) is 4.50. The smallest absolute Gasteiger partial charge is 0.263 e. The third-order valence-electron chi connectivity index (χ3n) is 3.13. The molecule has 0 radical (unpaired) electrons. The van der Waals surface area contributed by atoms with E-state index >= 15 is 0 Å². The van der Waals surface area contributed by atoms with Crippen molar-refractivity contribution < 1.29 is 9.53 Å². The highest BCUT2D eigenvalue weighted by molar-refractivity contribution is 7.19. The van der Waals surface area contributed by atoms with E-state index in [1.807, 2.05) is 27.9 Å². The number of nitrogens with two attached hydrogens (primary N) is 1. The first-order valence-electron chi connectivity index (χ1n) is 6.99. The van der Waals surface area contributed by atoms with Crippen LogP contribution >= 0.6 is 11.3 Å². The molecule has 0 bridgehead atoms. The molecule has 1 aromatic rings. The Bertz CT molecular complexity index is 486. The summed E-state index contributed by atoms with van der Waals surface area (Å²) in [5, 5.41) is 6.73. The molecule has 1 unspecified atom stereocenters. The fraction of sp³-hybridized carbons (Fsp3) is 0.643. The minimum absolute atomic E-state index is 0.00809. The summed E-state index contributed by atoms with van der Waals surface area (Å²) in [7, 11) is 5.64. The predicted molar refractivity (Wildman–Crippen MR) is 89.5 cm³/mol. The van der Waals surface area contributed by atoms with Crippen molar-refractivity contribution in [2.45, 2.75) is 32.9 Å². The first-order chi connectivity index (χ1) is 9.77. The zero-order chi connectivity index (χ0) is 16.2. The summed E-state index contributed by atoms with van der Waals surface area (Å²) in [5.41, 5.74) is 6.47. The summed E-state index contributed by atoms with van der Waals surface area (Å²) in [6.45, 7) is 6.73. The molecule has 0 aromatic carbocycles. The van der Waals surface area contributed by atoms with Crippen molar-refractivity contribution in [1.29, 1.82) is 0 Å². The molecule has 4 N–H and O–H groups in total. The Hall–Kier alpha value is -1.47. The maximum absolute atomic E-state index is 11.9. The van der Waals surface area contributed by atoms with Gasteiger partial charge < -0.3 is 26.0 Å². The summed E-state index contributed by atoms with van der Waals surface area (Å²) >= 11 is 1.32. The fourth-order valence-corrected chi connectivity index (χ4v) is 2.61. The fourth-order valence-electron chi connectivity index (χ4n) is 1.60. The van der Waals surface area contributed by atoms with E-state index in [4.69, 9.17) is 10.5 Å². The molecule has 0 aliphatic rings. The molecule has 7 heteroatoms. The van der Waals surface area contributed by atoms with Gasteiger partial charge in [0.25, 0.3) is 5.91 Å². The minimum atomic E-state index is -0.195. The average Bonchev–Trinajstić information content (AvgIpc) is 2.72. The number of rotatable bonds is 7. The molecule has 21 heavy (non-hydrogen) atoms. The van der Waals surface area contributed by atoms with Crippen molar-refractivity contribution in [3.8, 4) is 5.75 Å². The van der Waals surface area contributed by atoms with E-state index in [9.17, 15) is 4.79 Å². The molecule has 0 saturated heterocycles. The molecule has 120 valence electrons. The lowest BCUT2D eigenvalue weighted by Gasteiger charge is -2.20. The van der Waals surface area contributed by atoms with E-state index in [2.05, 4.69) is 22.5 Å². The number of hydrogen-bond donors (Lipinski definition) is 3. The first kappa shape index (κ1) is 17.6. The Balaban J connectivity index is 3.02. The lowest BCUT2D eigenvalue weighted by Crippen LogP contribution is -2.31. The molecular formula is C14H26N4O2S. The Kier molecular flexibility index (Phi) is 6.29. The Labute approximate surface area is 130 Å². The van der Waals surface area contributed by atoms with Crippen LogP contribution in [0.4, 0.5) is 10.7 Å².